The lowest BCUT2D eigenvalue weighted by molar-refractivity contribution is -0.236. The minimum absolute atomic E-state index is 0.000347. The van der Waals surface area contributed by atoms with Gasteiger partial charge < -0.3 is 9.47 Å². The molecule has 2 nitrogen and oxygen atoms in total. The molecule has 4 atom stereocenters. The molecule has 0 radical (unpaired) electrons. The van der Waals surface area contributed by atoms with E-state index in [2.05, 4.69) is 123 Å². The van der Waals surface area contributed by atoms with Crippen molar-refractivity contribution in [1.82, 2.24) is 0 Å². The van der Waals surface area contributed by atoms with Gasteiger partial charge in [-0.15, -0.1) is 0 Å². The molecule has 0 N–H and O–H groups in total. The molecule has 0 spiro atoms. The third kappa shape index (κ3) is 4.73. The number of ether oxygens (including phenoxy) is 2. The maximum absolute atomic E-state index is 7.21. The lowest BCUT2D eigenvalue weighted by Crippen LogP contribution is -2.44. The van der Waals surface area contributed by atoms with Gasteiger partial charge >= 0.3 is 0 Å². The standard InChI is InChI=1S/C35H36O2S/c1-3-22-38-25-33-34(31-18-14-29(15-19-31)27-10-6-4-7-11-27)23-26(2)24-35(36-33,37-34)32-20-16-30(17-21-32)28-12-8-5-9-13-28/h4-21,26,33H,3,22-25H2,1-2H3/t26-,33?,34?,35?/m1/s1. The van der Waals surface area contributed by atoms with E-state index in [1.165, 1.54) is 34.2 Å². The van der Waals surface area contributed by atoms with Gasteiger partial charge in [-0.05, 0) is 52.3 Å². The van der Waals surface area contributed by atoms with Gasteiger partial charge in [-0.3, -0.25) is 0 Å². The third-order valence-electron chi connectivity index (χ3n) is 8.00. The maximum Gasteiger partial charge on any atom is 0.196 e. The Labute approximate surface area is 231 Å². The van der Waals surface area contributed by atoms with E-state index >= 15 is 0 Å². The molecular weight excluding hydrogens is 484 g/mol. The molecular formula is C35H36O2S. The van der Waals surface area contributed by atoms with E-state index in [-0.39, 0.29) is 6.10 Å². The van der Waals surface area contributed by atoms with Gasteiger partial charge in [-0.25, -0.2) is 0 Å². The van der Waals surface area contributed by atoms with E-state index in [4.69, 9.17) is 9.47 Å². The Morgan fingerprint density at radius 1 is 0.684 bits per heavy atom. The molecule has 6 rings (SSSR count). The van der Waals surface area contributed by atoms with E-state index in [1.807, 2.05) is 11.8 Å². The fourth-order valence-electron chi connectivity index (χ4n) is 6.25. The van der Waals surface area contributed by atoms with Crippen LogP contribution in [-0.2, 0) is 20.9 Å². The molecule has 0 amide bonds. The molecule has 2 fully saturated rings. The zero-order valence-corrected chi connectivity index (χ0v) is 23.1. The molecule has 3 heteroatoms. The lowest BCUT2D eigenvalue weighted by atomic mass is 9.77. The normalized spacial score (nSPS) is 26.4. The van der Waals surface area contributed by atoms with Crippen LogP contribution < -0.4 is 0 Å². The smallest absolute Gasteiger partial charge is 0.196 e. The van der Waals surface area contributed by atoms with Crippen LogP contribution in [0, 0.1) is 5.92 Å². The summed E-state index contributed by atoms with van der Waals surface area (Å²) in [5, 5.41) is 0. The number of fused-ring (bicyclic) bond motifs is 2. The molecule has 0 aliphatic carbocycles. The second kappa shape index (κ2) is 10.7. The van der Waals surface area contributed by atoms with Crippen LogP contribution in [0.5, 0.6) is 0 Å². The molecule has 38 heavy (non-hydrogen) atoms. The predicted molar refractivity (Wildman–Crippen MR) is 159 cm³/mol. The first kappa shape index (κ1) is 25.4. The second-order valence-electron chi connectivity index (χ2n) is 10.8. The largest absolute Gasteiger partial charge is 0.338 e. The molecule has 2 heterocycles. The van der Waals surface area contributed by atoms with Crippen molar-refractivity contribution in [3.8, 4) is 22.3 Å². The molecule has 0 aromatic heterocycles. The molecule has 0 saturated carbocycles. The van der Waals surface area contributed by atoms with Crippen LogP contribution in [0.4, 0.5) is 0 Å². The molecule has 3 unspecified atom stereocenters. The Kier molecular flexibility index (Phi) is 7.18. The Bertz CT molecular complexity index is 1340. The minimum atomic E-state index is -0.720. The fourth-order valence-corrected chi connectivity index (χ4v) is 7.26. The van der Waals surface area contributed by atoms with Gasteiger partial charge in [0.1, 0.15) is 11.7 Å². The van der Waals surface area contributed by atoms with Crippen molar-refractivity contribution in [1.29, 1.82) is 0 Å². The van der Waals surface area contributed by atoms with Gasteiger partial charge in [0.05, 0.1) is 0 Å². The van der Waals surface area contributed by atoms with Crippen LogP contribution in [0.25, 0.3) is 22.3 Å². The summed E-state index contributed by atoms with van der Waals surface area (Å²) in [4.78, 5) is 0. The highest BCUT2D eigenvalue weighted by atomic mass is 32.2. The lowest BCUT2D eigenvalue weighted by Gasteiger charge is -2.42. The highest BCUT2D eigenvalue weighted by Gasteiger charge is 2.62. The van der Waals surface area contributed by atoms with Gasteiger partial charge in [-0.1, -0.05) is 123 Å². The number of hydrogen-bond donors (Lipinski definition) is 0. The van der Waals surface area contributed by atoms with E-state index < -0.39 is 11.4 Å². The zero-order chi connectivity index (χ0) is 26.0. The highest BCUT2D eigenvalue weighted by molar-refractivity contribution is 7.99. The van der Waals surface area contributed by atoms with Crippen molar-refractivity contribution >= 4 is 11.8 Å². The maximum atomic E-state index is 7.21. The van der Waals surface area contributed by atoms with Crippen molar-refractivity contribution in [3.05, 3.63) is 120 Å². The summed E-state index contributed by atoms with van der Waals surface area (Å²) in [6, 6.07) is 39.0. The zero-order valence-electron chi connectivity index (χ0n) is 22.3. The number of thioether (sulfide) groups is 1. The van der Waals surface area contributed by atoms with E-state index in [9.17, 15) is 0 Å². The first-order valence-electron chi connectivity index (χ1n) is 13.9. The van der Waals surface area contributed by atoms with Crippen LogP contribution >= 0.6 is 11.8 Å². The summed E-state index contributed by atoms with van der Waals surface area (Å²) in [7, 11) is 0. The number of benzene rings is 4. The third-order valence-corrected chi connectivity index (χ3v) is 9.23. The van der Waals surface area contributed by atoms with Crippen LogP contribution in [0.2, 0.25) is 0 Å². The summed E-state index contributed by atoms with van der Waals surface area (Å²) >= 11 is 1.98. The van der Waals surface area contributed by atoms with Crippen LogP contribution in [0.1, 0.15) is 44.2 Å². The predicted octanol–water partition coefficient (Wildman–Crippen LogP) is 9.06. The van der Waals surface area contributed by atoms with Crippen molar-refractivity contribution in [2.75, 3.05) is 11.5 Å². The monoisotopic (exact) mass is 520 g/mol. The summed E-state index contributed by atoms with van der Waals surface area (Å²) in [5.41, 5.74) is 6.80. The quantitative estimate of drug-likeness (QED) is 0.216. The number of rotatable bonds is 8. The van der Waals surface area contributed by atoms with Gasteiger partial charge in [0.15, 0.2) is 5.79 Å². The van der Waals surface area contributed by atoms with Crippen LogP contribution in [0.3, 0.4) is 0 Å². The first-order valence-corrected chi connectivity index (χ1v) is 15.0. The topological polar surface area (TPSA) is 18.5 Å². The second-order valence-corrected chi connectivity index (χ2v) is 12.0. The molecule has 4 aromatic carbocycles. The van der Waals surface area contributed by atoms with Crippen molar-refractivity contribution < 1.29 is 9.47 Å². The molecule has 2 aliphatic heterocycles. The average molecular weight is 521 g/mol. The summed E-state index contributed by atoms with van der Waals surface area (Å²) < 4.78 is 14.3. The fraction of sp³-hybridized carbons (Fsp3) is 0.314. The summed E-state index contributed by atoms with van der Waals surface area (Å²) in [6.07, 6.45) is 3.01. The Balaban J connectivity index is 1.36. The average Bonchev–Trinajstić information content (AvgIpc) is 3.22. The van der Waals surface area contributed by atoms with Crippen molar-refractivity contribution in [2.24, 2.45) is 5.92 Å². The molecule has 4 aromatic rings. The highest BCUT2D eigenvalue weighted by Crippen LogP contribution is 2.59. The SMILES string of the molecule is CCCSCC1OC2(c3ccc(-c4ccccc4)cc3)C[C@H](C)CC1(c1ccc(-c3ccccc3)cc1)O2. The van der Waals surface area contributed by atoms with E-state index in [1.54, 1.807) is 0 Å². The summed E-state index contributed by atoms with van der Waals surface area (Å²) in [5.74, 6) is 1.83. The molecule has 2 aliphatic rings. The molecule has 2 bridgehead atoms. The minimum Gasteiger partial charge on any atom is -0.338 e. The van der Waals surface area contributed by atoms with Crippen molar-refractivity contribution in [2.45, 2.75) is 50.6 Å². The van der Waals surface area contributed by atoms with E-state index in [0.29, 0.717) is 5.92 Å². The van der Waals surface area contributed by atoms with Crippen LogP contribution in [0.15, 0.2) is 109 Å². The molecule has 194 valence electrons. The first-order chi connectivity index (χ1) is 18.6. The van der Waals surface area contributed by atoms with E-state index in [0.717, 1.165) is 29.9 Å². The Morgan fingerprint density at radius 3 is 1.76 bits per heavy atom. The van der Waals surface area contributed by atoms with Gasteiger partial charge in [-0.2, -0.15) is 11.8 Å². The van der Waals surface area contributed by atoms with Gasteiger partial charge in [0, 0.05) is 17.7 Å². The molecule has 2 saturated heterocycles. The Morgan fingerprint density at radius 2 is 1.21 bits per heavy atom. The van der Waals surface area contributed by atoms with Gasteiger partial charge in [0.25, 0.3) is 0 Å². The summed E-state index contributed by atoms with van der Waals surface area (Å²) in [6.45, 7) is 4.60. The van der Waals surface area contributed by atoms with Crippen LogP contribution in [-0.4, -0.2) is 17.6 Å². The van der Waals surface area contributed by atoms with Gasteiger partial charge in [0.2, 0.25) is 0 Å². The van der Waals surface area contributed by atoms with Crippen molar-refractivity contribution in [3.63, 3.8) is 0 Å². The number of hydrogen-bond acceptors (Lipinski definition) is 3. The Hall–Kier alpha value is -2.85.